The third kappa shape index (κ3) is 9.19. The second kappa shape index (κ2) is 17.5. The Bertz CT molecular complexity index is 2110. The number of carbonyl (C=O) groups is 1. The minimum absolute atomic E-state index is 0.0480. The summed E-state index contributed by atoms with van der Waals surface area (Å²) in [6.45, 7) is 7.03. The fourth-order valence-corrected chi connectivity index (χ4v) is 6.62. The molecule has 0 spiro atoms. The van der Waals surface area contributed by atoms with Crippen LogP contribution in [0.1, 0.15) is 52.1 Å². The van der Waals surface area contributed by atoms with Crippen molar-refractivity contribution in [2.24, 2.45) is 0 Å². The summed E-state index contributed by atoms with van der Waals surface area (Å²) in [5.74, 6) is 0.717. The Hall–Kier alpha value is -5.32. The van der Waals surface area contributed by atoms with Crippen LogP contribution in [0.25, 0.3) is 22.6 Å². The highest BCUT2D eigenvalue weighted by molar-refractivity contribution is 6.32. The summed E-state index contributed by atoms with van der Waals surface area (Å²) < 4.78 is 18.5. The number of aliphatic hydroxyl groups is 1. The molecule has 6 rings (SSSR count). The number of carboxylic acid groups (broad SMARTS) is 1. The number of hydrogen-bond acceptors (Lipinski definition) is 11. The summed E-state index contributed by atoms with van der Waals surface area (Å²) in [7, 11) is 0. The highest BCUT2D eigenvalue weighted by Crippen LogP contribution is 2.36. The monoisotopic (exact) mass is 736 g/mol. The molecule has 5 aromatic rings. The zero-order valence-corrected chi connectivity index (χ0v) is 30.4. The lowest BCUT2D eigenvalue weighted by Crippen LogP contribution is -2.39. The molecule has 3 heterocycles. The highest BCUT2D eigenvalue weighted by Gasteiger charge is 2.20. The Morgan fingerprint density at radius 2 is 1.72 bits per heavy atom. The second-order valence-corrected chi connectivity index (χ2v) is 13.4. The minimum atomic E-state index is -1.19. The molecule has 1 fully saturated rings. The van der Waals surface area contributed by atoms with Crippen LogP contribution in [-0.2, 0) is 31.0 Å². The van der Waals surface area contributed by atoms with E-state index in [2.05, 4.69) is 57.4 Å². The molecule has 3 N–H and O–H groups in total. The molecule has 3 aromatic carbocycles. The van der Waals surface area contributed by atoms with Crippen LogP contribution < -0.4 is 14.8 Å². The third-order valence-corrected chi connectivity index (χ3v) is 9.74. The van der Waals surface area contributed by atoms with Crippen molar-refractivity contribution in [2.45, 2.75) is 58.9 Å². The topological polar surface area (TPSA) is 167 Å². The molecule has 1 unspecified atom stereocenters. The first-order valence-corrected chi connectivity index (χ1v) is 17.8. The van der Waals surface area contributed by atoms with Gasteiger partial charge >= 0.3 is 5.97 Å². The first kappa shape index (κ1) is 37.4. The van der Waals surface area contributed by atoms with E-state index < -0.39 is 18.6 Å². The number of aromatic nitrogens is 3. The summed E-state index contributed by atoms with van der Waals surface area (Å²) in [5.41, 5.74) is 7.61. The SMILES string of the molecule is Cc1c(COc2cc(OCc3cncc(C#N)c3)c(CNC(CO)C(=O)O)cc2Cl)cccc1-c1cccc(-c2nnc(CCN3CCCC3)o2)c1C. The lowest BCUT2D eigenvalue weighted by molar-refractivity contribution is -0.140. The number of benzene rings is 3. The smallest absolute Gasteiger partial charge is 0.323 e. The normalized spacial score (nSPS) is 13.5. The number of likely N-dealkylation sites (tertiary alicyclic amines) is 1. The Balaban J connectivity index is 1.21. The zero-order valence-electron chi connectivity index (χ0n) is 29.6. The number of nitrogens with zero attached hydrogens (tertiary/aromatic N) is 5. The van der Waals surface area contributed by atoms with E-state index in [0.717, 1.165) is 59.4 Å². The van der Waals surface area contributed by atoms with Gasteiger partial charge < -0.3 is 29.0 Å². The van der Waals surface area contributed by atoms with Gasteiger partial charge in [0.05, 0.1) is 17.2 Å². The highest BCUT2D eigenvalue weighted by atomic mass is 35.5. The van der Waals surface area contributed by atoms with E-state index in [4.69, 9.17) is 25.5 Å². The molecule has 274 valence electrons. The van der Waals surface area contributed by atoms with Gasteiger partial charge in [-0.3, -0.25) is 15.1 Å². The number of carboxylic acids is 1. The van der Waals surface area contributed by atoms with Crippen LogP contribution in [0.4, 0.5) is 0 Å². The number of rotatable bonds is 16. The molecule has 1 saturated heterocycles. The van der Waals surface area contributed by atoms with Crippen molar-refractivity contribution in [3.05, 3.63) is 111 Å². The van der Waals surface area contributed by atoms with Gasteiger partial charge in [0, 0.05) is 54.7 Å². The van der Waals surface area contributed by atoms with Crippen molar-refractivity contribution in [3.63, 3.8) is 0 Å². The molecule has 0 radical (unpaired) electrons. The molecular weight excluding hydrogens is 696 g/mol. The van der Waals surface area contributed by atoms with Crippen molar-refractivity contribution < 1.29 is 28.9 Å². The van der Waals surface area contributed by atoms with E-state index >= 15 is 0 Å². The predicted octanol–water partition coefficient (Wildman–Crippen LogP) is 6.27. The van der Waals surface area contributed by atoms with E-state index in [1.165, 1.54) is 19.0 Å². The Kier molecular flexibility index (Phi) is 12.3. The quantitative estimate of drug-likeness (QED) is 0.104. The summed E-state index contributed by atoms with van der Waals surface area (Å²) >= 11 is 6.71. The van der Waals surface area contributed by atoms with Crippen LogP contribution in [0, 0.1) is 25.2 Å². The zero-order chi connectivity index (χ0) is 37.3. The van der Waals surface area contributed by atoms with Gasteiger partial charge in [0.25, 0.3) is 0 Å². The lowest BCUT2D eigenvalue weighted by atomic mass is 9.91. The average molecular weight is 737 g/mol. The maximum atomic E-state index is 11.5. The summed E-state index contributed by atoms with van der Waals surface area (Å²) in [4.78, 5) is 18.0. The lowest BCUT2D eigenvalue weighted by Gasteiger charge is -2.19. The van der Waals surface area contributed by atoms with Crippen LogP contribution in [-0.4, -0.2) is 68.5 Å². The van der Waals surface area contributed by atoms with Crippen LogP contribution in [0.3, 0.4) is 0 Å². The molecule has 1 atom stereocenters. The predicted molar refractivity (Wildman–Crippen MR) is 198 cm³/mol. The number of ether oxygens (including phenoxy) is 2. The van der Waals surface area contributed by atoms with Crippen molar-refractivity contribution in [2.75, 3.05) is 26.2 Å². The number of aliphatic hydroxyl groups excluding tert-OH is 1. The standard InChI is InChI=1S/C40H41ClN6O6/c1-25-29(7-5-8-31(25)32-9-6-10-33(26(32)2)39-46-45-38(53-39)11-14-47-12-3-4-13-47)24-52-37-17-36(51-23-28-15-27(18-42)19-43-20-28)30(16-34(37)41)21-44-35(22-48)40(49)50/h5-10,15-17,19-20,35,44,48H,3-4,11-14,21-24H2,1-2H3,(H,49,50). The van der Waals surface area contributed by atoms with Crippen molar-refractivity contribution in [1.82, 2.24) is 25.4 Å². The van der Waals surface area contributed by atoms with Gasteiger partial charge in [-0.1, -0.05) is 41.9 Å². The van der Waals surface area contributed by atoms with E-state index in [0.29, 0.717) is 45.0 Å². The molecule has 2 aromatic heterocycles. The maximum Gasteiger partial charge on any atom is 0.323 e. The molecule has 0 bridgehead atoms. The number of nitriles is 1. The molecule has 53 heavy (non-hydrogen) atoms. The van der Waals surface area contributed by atoms with Crippen LogP contribution in [0.2, 0.25) is 5.02 Å². The Morgan fingerprint density at radius 3 is 2.47 bits per heavy atom. The third-order valence-electron chi connectivity index (χ3n) is 9.44. The summed E-state index contributed by atoms with van der Waals surface area (Å²) in [6.07, 6.45) is 6.27. The number of aliphatic carboxylic acids is 1. The van der Waals surface area contributed by atoms with Gasteiger partial charge in [0.1, 0.15) is 36.8 Å². The maximum absolute atomic E-state index is 11.5. The van der Waals surface area contributed by atoms with Gasteiger partial charge in [-0.15, -0.1) is 10.2 Å². The van der Waals surface area contributed by atoms with Gasteiger partial charge in [-0.2, -0.15) is 5.26 Å². The molecule has 1 aliphatic heterocycles. The van der Waals surface area contributed by atoms with Gasteiger partial charge in [0.2, 0.25) is 11.8 Å². The van der Waals surface area contributed by atoms with Gasteiger partial charge in [-0.05, 0) is 85.8 Å². The van der Waals surface area contributed by atoms with E-state index in [1.807, 2.05) is 24.3 Å². The first-order chi connectivity index (χ1) is 25.7. The molecule has 13 heteroatoms. The summed E-state index contributed by atoms with van der Waals surface area (Å²) in [6, 6.07) is 18.0. The largest absolute Gasteiger partial charge is 0.488 e. The van der Waals surface area contributed by atoms with Gasteiger partial charge in [0.15, 0.2) is 0 Å². The van der Waals surface area contributed by atoms with Crippen molar-refractivity contribution in [3.8, 4) is 40.1 Å². The van der Waals surface area contributed by atoms with Crippen molar-refractivity contribution in [1.29, 1.82) is 5.26 Å². The first-order valence-electron chi connectivity index (χ1n) is 17.5. The number of hydrogen-bond donors (Lipinski definition) is 3. The van der Waals surface area contributed by atoms with Crippen LogP contribution in [0.15, 0.2) is 71.4 Å². The number of pyridine rings is 1. The molecule has 12 nitrogen and oxygen atoms in total. The van der Waals surface area contributed by atoms with Crippen LogP contribution in [0.5, 0.6) is 11.5 Å². The summed E-state index contributed by atoms with van der Waals surface area (Å²) in [5, 5.41) is 40.0. The molecule has 0 amide bonds. The molecular formula is C40H41ClN6O6. The second-order valence-electron chi connectivity index (χ2n) is 13.0. The number of nitrogens with one attached hydrogen (secondary N) is 1. The van der Waals surface area contributed by atoms with E-state index in [1.54, 1.807) is 24.4 Å². The Labute approximate surface area is 313 Å². The minimum Gasteiger partial charge on any atom is -0.488 e. The Morgan fingerprint density at radius 1 is 0.981 bits per heavy atom. The molecule has 0 saturated carbocycles. The fourth-order valence-electron chi connectivity index (χ4n) is 6.38. The van der Waals surface area contributed by atoms with Crippen LogP contribution >= 0.6 is 11.6 Å². The van der Waals surface area contributed by atoms with E-state index in [9.17, 15) is 20.3 Å². The van der Waals surface area contributed by atoms with Gasteiger partial charge in [-0.25, -0.2) is 0 Å². The fraction of sp³-hybridized carbons (Fsp3) is 0.325. The molecule has 1 aliphatic rings. The molecule has 0 aliphatic carbocycles. The average Bonchev–Trinajstić information content (AvgIpc) is 3.87. The number of halogens is 1. The van der Waals surface area contributed by atoms with Crippen molar-refractivity contribution >= 4 is 17.6 Å². The van der Waals surface area contributed by atoms with E-state index in [-0.39, 0.29) is 19.8 Å².